The molecule has 6 nitrogen and oxygen atoms in total. The molecule has 29 heavy (non-hydrogen) atoms. The zero-order valence-electron chi connectivity index (χ0n) is 17.2. The first-order chi connectivity index (χ1) is 14.2. The maximum Gasteiger partial charge on any atom is 0.262 e. The summed E-state index contributed by atoms with van der Waals surface area (Å²) in [6.07, 6.45) is 7.74. The summed E-state index contributed by atoms with van der Waals surface area (Å²) in [6, 6.07) is 7.65. The first-order valence-electron chi connectivity index (χ1n) is 10.7. The third kappa shape index (κ3) is 6.31. The second-order valence-electron chi connectivity index (χ2n) is 7.46. The number of rotatable bonds is 9. The number of carbonyl (C=O) groups is 1. The Labute approximate surface area is 176 Å². The van der Waals surface area contributed by atoms with Crippen LogP contribution < -0.4 is 10.9 Å². The fourth-order valence-corrected chi connectivity index (χ4v) is 4.58. The van der Waals surface area contributed by atoms with E-state index in [-0.39, 0.29) is 23.3 Å². The van der Waals surface area contributed by atoms with Crippen LogP contribution in [0.1, 0.15) is 51.9 Å². The molecule has 0 unspecified atom stereocenters. The Morgan fingerprint density at radius 2 is 2.00 bits per heavy atom. The van der Waals surface area contributed by atoms with Crippen molar-refractivity contribution in [2.75, 3.05) is 19.0 Å². The van der Waals surface area contributed by atoms with E-state index < -0.39 is 0 Å². The standard InChI is InChI=1S/C22H31N3O3S/c1-2-28-15-9-14-25-21(27)18-12-7-8-13-19(18)24-22(25)29-16-20(26)23-17-10-5-3-4-6-11-17/h7-8,12-13,17H,2-6,9-11,14-16H2,1H3,(H,23,26). The largest absolute Gasteiger partial charge is 0.382 e. The molecule has 1 saturated carbocycles. The van der Waals surface area contributed by atoms with Gasteiger partial charge in [0.2, 0.25) is 5.91 Å². The van der Waals surface area contributed by atoms with Crippen molar-refractivity contribution < 1.29 is 9.53 Å². The summed E-state index contributed by atoms with van der Waals surface area (Å²) in [5.41, 5.74) is 0.615. The van der Waals surface area contributed by atoms with Crippen molar-refractivity contribution in [3.05, 3.63) is 34.6 Å². The Kier molecular flexibility index (Phi) is 8.55. The fourth-order valence-electron chi connectivity index (χ4n) is 3.75. The molecule has 1 aromatic heterocycles. The van der Waals surface area contributed by atoms with Crippen LogP contribution in [0.2, 0.25) is 0 Å². The maximum atomic E-state index is 13.0. The second kappa shape index (κ2) is 11.4. The van der Waals surface area contributed by atoms with Crippen LogP contribution in [-0.2, 0) is 16.1 Å². The van der Waals surface area contributed by atoms with E-state index in [2.05, 4.69) is 10.3 Å². The molecule has 1 heterocycles. The molecule has 0 aliphatic heterocycles. The van der Waals surface area contributed by atoms with Crippen molar-refractivity contribution in [3.8, 4) is 0 Å². The molecule has 0 spiro atoms. The van der Waals surface area contributed by atoms with Crippen LogP contribution in [0.15, 0.2) is 34.2 Å². The molecule has 1 aromatic carbocycles. The minimum atomic E-state index is -0.0567. The molecular formula is C22H31N3O3S. The number of nitrogens with one attached hydrogen (secondary N) is 1. The van der Waals surface area contributed by atoms with Gasteiger partial charge in [0, 0.05) is 25.8 Å². The SMILES string of the molecule is CCOCCCn1c(SCC(=O)NC2CCCCCC2)nc2ccccc2c1=O. The zero-order valence-corrected chi connectivity index (χ0v) is 18.0. The van der Waals surface area contributed by atoms with Crippen LogP contribution in [0, 0.1) is 0 Å². The van der Waals surface area contributed by atoms with Gasteiger partial charge in [-0.05, 0) is 38.3 Å². The Bertz CT molecular complexity index is 860. The van der Waals surface area contributed by atoms with E-state index in [4.69, 9.17) is 4.74 Å². The van der Waals surface area contributed by atoms with Gasteiger partial charge >= 0.3 is 0 Å². The quantitative estimate of drug-likeness (QED) is 0.291. The number of fused-ring (bicyclic) bond motifs is 1. The summed E-state index contributed by atoms with van der Waals surface area (Å²) in [7, 11) is 0. The molecule has 2 aromatic rings. The Hall–Kier alpha value is -1.86. The van der Waals surface area contributed by atoms with Gasteiger partial charge in [0.15, 0.2) is 5.16 Å². The van der Waals surface area contributed by atoms with E-state index in [1.165, 1.54) is 37.4 Å². The molecule has 1 aliphatic rings. The molecule has 1 N–H and O–H groups in total. The molecular weight excluding hydrogens is 386 g/mol. The van der Waals surface area contributed by atoms with Crippen LogP contribution in [0.5, 0.6) is 0 Å². The van der Waals surface area contributed by atoms with Gasteiger partial charge in [-0.3, -0.25) is 14.2 Å². The zero-order chi connectivity index (χ0) is 20.5. The maximum absolute atomic E-state index is 13.0. The van der Waals surface area contributed by atoms with Crippen molar-refractivity contribution >= 4 is 28.6 Å². The number of carbonyl (C=O) groups excluding carboxylic acids is 1. The van der Waals surface area contributed by atoms with Gasteiger partial charge in [-0.1, -0.05) is 49.6 Å². The number of para-hydroxylation sites is 1. The molecule has 1 aliphatic carbocycles. The highest BCUT2D eigenvalue weighted by molar-refractivity contribution is 7.99. The van der Waals surface area contributed by atoms with Gasteiger partial charge in [-0.25, -0.2) is 4.98 Å². The first-order valence-corrected chi connectivity index (χ1v) is 11.7. The lowest BCUT2D eigenvalue weighted by atomic mass is 10.1. The van der Waals surface area contributed by atoms with E-state index in [1.807, 2.05) is 25.1 Å². The summed E-state index contributed by atoms with van der Waals surface area (Å²) < 4.78 is 7.09. The molecule has 1 amide bonds. The molecule has 158 valence electrons. The minimum Gasteiger partial charge on any atom is -0.382 e. The van der Waals surface area contributed by atoms with Crippen LogP contribution in [-0.4, -0.2) is 40.5 Å². The summed E-state index contributed by atoms with van der Waals surface area (Å²) in [5, 5.41) is 4.37. The van der Waals surface area contributed by atoms with Crippen LogP contribution in [0.3, 0.4) is 0 Å². The minimum absolute atomic E-state index is 0.0187. The van der Waals surface area contributed by atoms with Crippen molar-refractivity contribution in [2.24, 2.45) is 0 Å². The van der Waals surface area contributed by atoms with Gasteiger partial charge in [-0.15, -0.1) is 0 Å². The number of nitrogens with zero attached hydrogens (tertiary/aromatic N) is 2. The molecule has 0 bridgehead atoms. The monoisotopic (exact) mass is 417 g/mol. The number of amides is 1. The van der Waals surface area contributed by atoms with Crippen LogP contribution in [0.4, 0.5) is 0 Å². The number of aromatic nitrogens is 2. The number of thioether (sulfide) groups is 1. The Morgan fingerprint density at radius 1 is 1.24 bits per heavy atom. The van der Waals surface area contributed by atoms with Crippen molar-refractivity contribution in [1.82, 2.24) is 14.9 Å². The molecule has 0 radical (unpaired) electrons. The Morgan fingerprint density at radius 3 is 2.76 bits per heavy atom. The summed E-state index contributed by atoms with van der Waals surface area (Å²) in [4.78, 5) is 30.1. The Balaban J connectivity index is 1.70. The van der Waals surface area contributed by atoms with E-state index in [0.29, 0.717) is 35.8 Å². The summed E-state index contributed by atoms with van der Waals surface area (Å²) in [5.74, 6) is 0.289. The highest BCUT2D eigenvalue weighted by Gasteiger charge is 2.17. The normalized spacial score (nSPS) is 15.3. The average Bonchev–Trinajstić information content (AvgIpc) is 3.00. The molecule has 3 rings (SSSR count). The predicted octanol–water partition coefficient (Wildman–Crippen LogP) is 3.75. The number of hydrogen-bond donors (Lipinski definition) is 1. The van der Waals surface area contributed by atoms with Crippen molar-refractivity contribution in [1.29, 1.82) is 0 Å². The molecule has 1 fully saturated rings. The second-order valence-corrected chi connectivity index (χ2v) is 8.41. The van der Waals surface area contributed by atoms with E-state index in [9.17, 15) is 9.59 Å². The van der Waals surface area contributed by atoms with Gasteiger partial charge in [-0.2, -0.15) is 0 Å². The third-order valence-corrected chi connectivity index (χ3v) is 6.23. The topological polar surface area (TPSA) is 73.2 Å². The van der Waals surface area contributed by atoms with E-state index >= 15 is 0 Å². The van der Waals surface area contributed by atoms with Crippen LogP contribution in [0.25, 0.3) is 10.9 Å². The highest BCUT2D eigenvalue weighted by atomic mass is 32.2. The molecule has 7 heteroatoms. The van der Waals surface area contributed by atoms with Gasteiger partial charge in [0.1, 0.15) is 0 Å². The number of hydrogen-bond acceptors (Lipinski definition) is 5. The smallest absolute Gasteiger partial charge is 0.262 e. The number of ether oxygens (including phenoxy) is 1. The van der Waals surface area contributed by atoms with Crippen LogP contribution >= 0.6 is 11.8 Å². The third-order valence-electron chi connectivity index (χ3n) is 5.25. The summed E-state index contributed by atoms with van der Waals surface area (Å²) in [6.45, 7) is 3.75. The van der Waals surface area contributed by atoms with Crippen molar-refractivity contribution in [3.63, 3.8) is 0 Å². The predicted molar refractivity (Wildman–Crippen MR) is 117 cm³/mol. The van der Waals surface area contributed by atoms with E-state index in [1.54, 1.807) is 10.6 Å². The summed E-state index contributed by atoms with van der Waals surface area (Å²) >= 11 is 1.34. The number of benzene rings is 1. The van der Waals surface area contributed by atoms with Crippen molar-refractivity contribution in [2.45, 2.75) is 69.6 Å². The lowest BCUT2D eigenvalue weighted by Crippen LogP contribution is -2.35. The molecule has 0 saturated heterocycles. The van der Waals surface area contributed by atoms with Gasteiger partial charge in [0.25, 0.3) is 5.56 Å². The highest BCUT2D eigenvalue weighted by Crippen LogP contribution is 2.20. The lowest BCUT2D eigenvalue weighted by Gasteiger charge is -2.17. The lowest BCUT2D eigenvalue weighted by molar-refractivity contribution is -0.119. The van der Waals surface area contributed by atoms with E-state index in [0.717, 1.165) is 19.3 Å². The molecule has 0 atom stereocenters. The van der Waals surface area contributed by atoms with Gasteiger partial charge < -0.3 is 10.1 Å². The fraction of sp³-hybridized carbons (Fsp3) is 0.591. The average molecular weight is 418 g/mol. The van der Waals surface area contributed by atoms with Gasteiger partial charge in [0.05, 0.1) is 16.7 Å². The first kappa shape index (κ1) is 21.8.